The summed E-state index contributed by atoms with van der Waals surface area (Å²) in [4.78, 5) is 12.4. The molecular formula is C22H24N4O2. The molecule has 2 atom stereocenters. The van der Waals surface area contributed by atoms with Gasteiger partial charge in [-0.05, 0) is 42.2 Å². The van der Waals surface area contributed by atoms with E-state index in [1.165, 1.54) is 0 Å². The second kappa shape index (κ2) is 7.28. The molecule has 2 aliphatic heterocycles. The van der Waals surface area contributed by atoms with E-state index in [4.69, 9.17) is 9.84 Å². The molecule has 28 heavy (non-hydrogen) atoms. The molecule has 1 fully saturated rings. The molecule has 3 heterocycles. The number of nitrogens with one attached hydrogen (secondary N) is 2. The first-order valence-electron chi connectivity index (χ1n) is 10.0. The summed E-state index contributed by atoms with van der Waals surface area (Å²) in [5.41, 5.74) is 3.28. The van der Waals surface area contributed by atoms with Crippen molar-refractivity contribution in [1.29, 1.82) is 0 Å². The van der Waals surface area contributed by atoms with Gasteiger partial charge in [0, 0.05) is 37.6 Å². The van der Waals surface area contributed by atoms with E-state index in [0.29, 0.717) is 19.5 Å². The van der Waals surface area contributed by atoms with Crippen molar-refractivity contribution in [1.82, 2.24) is 20.4 Å². The van der Waals surface area contributed by atoms with Gasteiger partial charge >= 0.3 is 0 Å². The molecule has 0 radical (unpaired) electrons. The molecule has 2 aromatic carbocycles. The van der Waals surface area contributed by atoms with Crippen molar-refractivity contribution < 1.29 is 9.53 Å². The van der Waals surface area contributed by atoms with Gasteiger partial charge < -0.3 is 15.4 Å². The fourth-order valence-corrected chi connectivity index (χ4v) is 4.11. The van der Waals surface area contributed by atoms with Crippen LogP contribution in [0.5, 0.6) is 5.75 Å². The summed E-state index contributed by atoms with van der Waals surface area (Å²) in [6, 6.07) is 14.3. The number of carbonyl (C=O) groups excluding carboxylic acids is 1. The molecule has 0 aliphatic carbocycles. The maximum atomic E-state index is 12.4. The molecule has 2 N–H and O–H groups in total. The van der Waals surface area contributed by atoms with Gasteiger partial charge in [-0.25, -0.2) is 0 Å². The van der Waals surface area contributed by atoms with Crippen molar-refractivity contribution in [3.8, 4) is 16.9 Å². The molecule has 0 unspecified atom stereocenters. The van der Waals surface area contributed by atoms with Crippen LogP contribution in [0.25, 0.3) is 22.0 Å². The summed E-state index contributed by atoms with van der Waals surface area (Å²) in [6.07, 6.45) is 4.73. The maximum Gasteiger partial charge on any atom is 0.237 e. The predicted octanol–water partition coefficient (Wildman–Crippen LogP) is 2.72. The normalized spacial score (nSPS) is 22.6. The van der Waals surface area contributed by atoms with Crippen molar-refractivity contribution in [3.05, 3.63) is 48.7 Å². The first-order valence-corrected chi connectivity index (χ1v) is 10.0. The lowest BCUT2D eigenvalue weighted by atomic mass is 10.0. The standard InChI is InChI=1S/C22H24N4O2/c27-22-21-12-17(13-24-21)28-16-6-3-5-15(11-16)18-7-4-8-20-19(18)14-26(25-20)10-2-1-9-23-22/h3-8,11,14,17,21,24H,1-2,9-10,12-13H2,(H,23,27)/t17-,21-/m0/s1. The van der Waals surface area contributed by atoms with E-state index in [1.54, 1.807) is 0 Å². The molecule has 1 aromatic heterocycles. The molecule has 0 spiro atoms. The summed E-state index contributed by atoms with van der Waals surface area (Å²) < 4.78 is 8.20. The van der Waals surface area contributed by atoms with Gasteiger partial charge in [0.2, 0.25) is 5.91 Å². The summed E-state index contributed by atoms with van der Waals surface area (Å²) in [6.45, 7) is 2.22. The van der Waals surface area contributed by atoms with Gasteiger partial charge in [-0.2, -0.15) is 5.10 Å². The first-order chi connectivity index (χ1) is 13.8. The summed E-state index contributed by atoms with van der Waals surface area (Å²) >= 11 is 0. The lowest BCUT2D eigenvalue weighted by Gasteiger charge is -2.14. The van der Waals surface area contributed by atoms with Crippen LogP contribution >= 0.6 is 0 Å². The van der Waals surface area contributed by atoms with Gasteiger partial charge in [0.15, 0.2) is 0 Å². The molecule has 2 aliphatic rings. The van der Waals surface area contributed by atoms with Crippen LogP contribution in [-0.2, 0) is 11.3 Å². The highest BCUT2D eigenvalue weighted by Gasteiger charge is 2.30. The Labute approximate surface area is 163 Å². The fourth-order valence-electron chi connectivity index (χ4n) is 4.11. The van der Waals surface area contributed by atoms with E-state index in [2.05, 4.69) is 47.2 Å². The van der Waals surface area contributed by atoms with E-state index in [-0.39, 0.29) is 18.1 Å². The van der Waals surface area contributed by atoms with Crippen LogP contribution in [0, 0.1) is 0 Å². The minimum atomic E-state index is -0.175. The molecule has 5 rings (SSSR count). The second-order valence-corrected chi connectivity index (χ2v) is 7.59. The minimum absolute atomic E-state index is 0.000209. The average molecular weight is 376 g/mol. The van der Waals surface area contributed by atoms with Gasteiger partial charge in [0.1, 0.15) is 11.9 Å². The van der Waals surface area contributed by atoms with Gasteiger partial charge in [-0.3, -0.25) is 9.48 Å². The predicted molar refractivity (Wildman–Crippen MR) is 108 cm³/mol. The van der Waals surface area contributed by atoms with Crippen molar-refractivity contribution >= 4 is 16.8 Å². The topological polar surface area (TPSA) is 68.2 Å². The van der Waals surface area contributed by atoms with Crippen molar-refractivity contribution in [2.24, 2.45) is 0 Å². The van der Waals surface area contributed by atoms with Crippen molar-refractivity contribution in [2.45, 2.75) is 38.0 Å². The highest BCUT2D eigenvalue weighted by Crippen LogP contribution is 2.31. The molecule has 1 saturated heterocycles. The van der Waals surface area contributed by atoms with Crippen LogP contribution in [0.3, 0.4) is 0 Å². The van der Waals surface area contributed by atoms with Crippen LogP contribution in [0.2, 0.25) is 0 Å². The third kappa shape index (κ3) is 3.36. The Morgan fingerprint density at radius 3 is 3.04 bits per heavy atom. The summed E-state index contributed by atoms with van der Waals surface area (Å²) in [7, 11) is 0. The van der Waals surface area contributed by atoms with Crippen LogP contribution < -0.4 is 15.4 Å². The summed E-state index contributed by atoms with van der Waals surface area (Å²) in [5.74, 6) is 0.900. The zero-order valence-electron chi connectivity index (χ0n) is 15.7. The van der Waals surface area contributed by atoms with Crippen LogP contribution in [0.15, 0.2) is 48.7 Å². The number of carbonyl (C=O) groups is 1. The van der Waals surface area contributed by atoms with Gasteiger partial charge in [0.05, 0.1) is 11.6 Å². The van der Waals surface area contributed by atoms with Crippen LogP contribution in [-0.4, -0.2) is 40.9 Å². The lowest BCUT2D eigenvalue weighted by Crippen LogP contribution is -2.40. The number of ether oxygens (including phenoxy) is 1. The zero-order chi connectivity index (χ0) is 18.9. The van der Waals surface area contributed by atoms with E-state index >= 15 is 0 Å². The Hall–Kier alpha value is -2.86. The second-order valence-electron chi connectivity index (χ2n) is 7.59. The van der Waals surface area contributed by atoms with E-state index < -0.39 is 0 Å². The Kier molecular flexibility index (Phi) is 4.49. The number of hydrogen-bond acceptors (Lipinski definition) is 4. The first kappa shape index (κ1) is 17.3. The number of fused-ring (bicyclic) bond motifs is 6. The van der Waals surface area contributed by atoms with Crippen LogP contribution in [0.1, 0.15) is 19.3 Å². The minimum Gasteiger partial charge on any atom is -0.489 e. The molecule has 1 amide bonds. The van der Waals surface area contributed by atoms with E-state index in [1.807, 2.05) is 16.8 Å². The molecule has 144 valence electrons. The molecule has 3 aromatic rings. The monoisotopic (exact) mass is 376 g/mol. The highest BCUT2D eigenvalue weighted by atomic mass is 16.5. The average Bonchev–Trinajstić information content (AvgIpc) is 3.33. The third-order valence-corrected chi connectivity index (χ3v) is 5.57. The molecule has 6 bridgehead atoms. The van der Waals surface area contributed by atoms with Gasteiger partial charge in [0.25, 0.3) is 0 Å². The number of amides is 1. The summed E-state index contributed by atoms with van der Waals surface area (Å²) in [5, 5.41) is 12.2. The van der Waals surface area contributed by atoms with Crippen molar-refractivity contribution in [3.63, 3.8) is 0 Å². The fraction of sp³-hybridized carbons (Fsp3) is 0.364. The number of aryl methyl sites for hydroxylation is 1. The number of aromatic nitrogens is 2. The number of rotatable bonds is 0. The van der Waals surface area contributed by atoms with Crippen LogP contribution in [0.4, 0.5) is 0 Å². The molecule has 0 saturated carbocycles. The van der Waals surface area contributed by atoms with E-state index in [0.717, 1.165) is 47.2 Å². The molecule has 6 heteroatoms. The maximum absolute atomic E-state index is 12.4. The quantitative estimate of drug-likeness (QED) is 0.633. The van der Waals surface area contributed by atoms with Gasteiger partial charge in [-0.1, -0.05) is 24.3 Å². The Balaban J connectivity index is 1.52. The SMILES string of the molecule is O=C1NCCCCn2cc3c(cccc3n2)-c2cccc(c2)O[C@@H]2CN[C@H]1C2. The highest BCUT2D eigenvalue weighted by molar-refractivity contribution is 5.94. The number of hydrogen-bond donors (Lipinski definition) is 2. The lowest BCUT2D eigenvalue weighted by molar-refractivity contribution is -0.122. The van der Waals surface area contributed by atoms with Gasteiger partial charge in [-0.15, -0.1) is 0 Å². The Bertz CT molecular complexity index is 1010. The third-order valence-electron chi connectivity index (χ3n) is 5.57. The number of benzene rings is 2. The van der Waals surface area contributed by atoms with Crippen molar-refractivity contribution in [2.75, 3.05) is 13.1 Å². The molecule has 6 nitrogen and oxygen atoms in total. The Morgan fingerprint density at radius 1 is 1.14 bits per heavy atom. The van der Waals surface area contributed by atoms with E-state index in [9.17, 15) is 4.79 Å². The largest absolute Gasteiger partial charge is 0.489 e. The smallest absolute Gasteiger partial charge is 0.237 e. The Morgan fingerprint density at radius 2 is 2.07 bits per heavy atom. The molecular weight excluding hydrogens is 352 g/mol. The zero-order valence-corrected chi connectivity index (χ0v) is 15.7. The number of nitrogens with zero attached hydrogens (tertiary/aromatic N) is 2.